The standard InChI is InChI=1S/C13H18N6OS/c1-2-11-17-13(21-18-11)15-6-8-3-4-19-10(5-8)9(7-16-19)12(14)20/h7-8H,2-6H2,1H3,(H2,14,20)(H,15,17,18)/t8-/m1/s1. The summed E-state index contributed by atoms with van der Waals surface area (Å²) in [5.41, 5.74) is 6.88. The van der Waals surface area contributed by atoms with Gasteiger partial charge < -0.3 is 11.1 Å². The molecule has 0 aliphatic carbocycles. The summed E-state index contributed by atoms with van der Waals surface area (Å²) in [6.45, 7) is 3.69. The molecule has 3 rings (SSSR count). The summed E-state index contributed by atoms with van der Waals surface area (Å²) in [6.07, 6.45) is 4.26. The van der Waals surface area contributed by atoms with Crippen molar-refractivity contribution in [1.29, 1.82) is 0 Å². The first-order chi connectivity index (χ1) is 10.2. The number of fused-ring (bicyclic) bond motifs is 1. The number of nitrogens with one attached hydrogen (secondary N) is 1. The number of carbonyl (C=O) groups is 1. The van der Waals surface area contributed by atoms with Gasteiger partial charge >= 0.3 is 0 Å². The topological polar surface area (TPSA) is 98.7 Å². The lowest BCUT2D eigenvalue weighted by atomic mass is 9.94. The van der Waals surface area contributed by atoms with Gasteiger partial charge in [-0.2, -0.15) is 9.47 Å². The fraction of sp³-hybridized carbons (Fsp3) is 0.538. The first kappa shape index (κ1) is 14.0. The molecule has 1 amide bonds. The Kier molecular flexibility index (Phi) is 3.87. The number of rotatable bonds is 5. The largest absolute Gasteiger partial charge is 0.365 e. The zero-order chi connectivity index (χ0) is 14.8. The van der Waals surface area contributed by atoms with Gasteiger partial charge in [0.25, 0.3) is 5.91 Å². The van der Waals surface area contributed by atoms with E-state index in [1.54, 1.807) is 6.20 Å². The molecule has 8 heteroatoms. The first-order valence-electron chi connectivity index (χ1n) is 7.08. The molecule has 3 heterocycles. The van der Waals surface area contributed by atoms with Crippen LogP contribution in [0.4, 0.5) is 5.13 Å². The van der Waals surface area contributed by atoms with Crippen LogP contribution in [0.15, 0.2) is 6.20 Å². The fourth-order valence-corrected chi connectivity index (χ4v) is 3.24. The summed E-state index contributed by atoms with van der Waals surface area (Å²) in [5.74, 6) is 0.920. The van der Waals surface area contributed by atoms with E-state index in [0.717, 1.165) is 49.0 Å². The average Bonchev–Trinajstić information content (AvgIpc) is 3.11. The summed E-state index contributed by atoms with van der Waals surface area (Å²) >= 11 is 1.39. The Morgan fingerprint density at radius 1 is 1.62 bits per heavy atom. The van der Waals surface area contributed by atoms with Crippen LogP contribution in [0.1, 0.15) is 35.2 Å². The van der Waals surface area contributed by atoms with Gasteiger partial charge in [0, 0.05) is 31.0 Å². The Morgan fingerprint density at radius 2 is 2.48 bits per heavy atom. The highest BCUT2D eigenvalue weighted by Gasteiger charge is 2.24. The van der Waals surface area contributed by atoms with Gasteiger partial charge in [-0.05, 0) is 18.8 Å². The van der Waals surface area contributed by atoms with Crippen LogP contribution in [0, 0.1) is 5.92 Å². The molecule has 0 saturated carbocycles. The third-order valence-corrected chi connectivity index (χ3v) is 4.48. The Labute approximate surface area is 126 Å². The molecule has 0 spiro atoms. The third-order valence-electron chi connectivity index (χ3n) is 3.77. The molecule has 0 unspecified atom stereocenters. The van der Waals surface area contributed by atoms with Crippen molar-refractivity contribution in [2.75, 3.05) is 11.9 Å². The molecule has 21 heavy (non-hydrogen) atoms. The number of aryl methyl sites for hydroxylation is 2. The molecule has 2 aromatic heterocycles. The second kappa shape index (κ2) is 5.80. The smallest absolute Gasteiger partial charge is 0.252 e. The highest BCUT2D eigenvalue weighted by Crippen LogP contribution is 2.23. The minimum absolute atomic E-state index is 0.401. The molecular weight excluding hydrogens is 288 g/mol. The monoisotopic (exact) mass is 306 g/mol. The molecule has 2 aromatic rings. The number of primary amides is 1. The number of hydrogen-bond acceptors (Lipinski definition) is 6. The molecule has 3 N–H and O–H groups in total. The lowest BCUT2D eigenvalue weighted by Gasteiger charge is -2.23. The molecule has 7 nitrogen and oxygen atoms in total. The van der Waals surface area contributed by atoms with E-state index in [9.17, 15) is 4.79 Å². The minimum atomic E-state index is -0.401. The summed E-state index contributed by atoms with van der Waals surface area (Å²) < 4.78 is 6.14. The van der Waals surface area contributed by atoms with E-state index in [1.165, 1.54) is 11.5 Å². The number of aromatic nitrogens is 4. The zero-order valence-electron chi connectivity index (χ0n) is 11.9. The summed E-state index contributed by atoms with van der Waals surface area (Å²) in [4.78, 5) is 15.8. The number of amides is 1. The van der Waals surface area contributed by atoms with Gasteiger partial charge in [0.1, 0.15) is 5.82 Å². The Morgan fingerprint density at radius 3 is 3.19 bits per heavy atom. The van der Waals surface area contributed by atoms with Crippen molar-refractivity contribution in [2.24, 2.45) is 11.7 Å². The van der Waals surface area contributed by atoms with Gasteiger partial charge in [0.15, 0.2) is 0 Å². The zero-order valence-corrected chi connectivity index (χ0v) is 12.7. The molecule has 0 radical (unpaired) electrons. The van der Waals surface area contributed by atoms with Gasteiger partial charge in [-0.1, -0.05) is 6.92 Å². The maximum Gasteiger partial charge on any atom is 0.252 e. The van der Waals surface area contributed by atoms with E-state index in [4.69, 9.17) is 5.73 Å². The van der Waals surface area contributed by atoms with Crippen LogP contribution in [0.3, 0.4) is 0 Å². The molecule has 112 valence electrons. The molecule has 1 aliphatic heterocycles. The number of anilines is 1. The van der Waals surface area contributed by atoms with Crippen molar-refractivity contribution in [3.8, 4) is 0 Å². The van der Waals surface area contributed by atoms with Crippen LogP contribution in [-0.2, 0) is 19.4 Å². The van der Waals surface area contributed by atoms with Gasteiger partial charge in [-0.15, -0.1) is 0 Å². The summed E-state index contributed by atoms with van der Waals surface area (Å²) in [7, 11) is 0. The Hall–Kier alpha value is -1.96. The third kappa shape index (κ3) is 2.90. The van der Waals surface area contributed by atoms with Crippen molar-refractivity contribution in [3.63, 3.8) is 0 Å². The maximum atomic E-state index is 11.4. The molecule has 1 aliphatic rings. The molecule has 0 aromatic carbocycles. The average molecular weight is 306 g/mol. The normalized spacial score (nSPS) is 17.5. The van der Waals surface area contributed by atoms with Gasteiger partial charge in [0.2, 0.25) is 5.13 Å². The van der Waals surface area contributed by atoms with Gasteiger partial charge in [-0.3, -0.25) is 9.48 Å². The lowest BCUT2D eigenvalue weighted by molar-refractivity contribution is 0.0998. The van der Waals surface area contributed by atoms with Crippen molar-refractivity contribution in [3.05, 3.63) is 23.3 Å². The number of nitrogens with zero attached hydrogens (tertiary/aromatic N) is 4. The van der Waals surface area contributed by atoms with Crippen LogP contribution >= 0.6 is 11.5 Å². The predicted molar refractivity (Wildman–Crippen MR) is 80.3 cm³/mol. The molecule has 1 atom stereocenters. The summed E-state index contributed by atoms with van der Waals surface area (Å²) in [5, 5.41) is 8.42. The second-order valence-electron chi connectivity index (χ2n) is 5.20. The van der Waals surface area contributed by atoms with Crippen molar-refractivity contribution in [1.82, 2.24) is 19.1 Å². The lowest BCUT2D eigenvalue weighted by Crippen LogP contribution is -2.27. The van der Waals surface area contributed by atoms with E-state index in [-0.39, 0.29) is 0 Å². The Balaban J connectivity index is 1.63. The quantitative estimate of drug-likeness (QED) is 0.861. The highest BCUT2D eigenvalue weighted by atomic mass is 32.1. The maximum absolute atomic E-state index is 11.4. The van der Waals surface area contributed by atoms with Crippen molar-refractivity contribution >= 4 is 22.6 Å². The van der Waals surface area contributed by atoms with Crippen LogP contribution in [0.2, 0.25) is 0 Å². The molecular formula is C13H18N6OS. The Bertz CT molecular complexity index is 649. The van der Waals surface area contributed by atoms with E-state index >= 15 is 0 Å². The van der Waals surface area contributed by atoms with Gasteiger partial charge in [0.05, 0.1) is 17.5 Å². The van der Waals surface area contributed by atoms with Crippen LogP contribution < -0.4 is 11.1 Å². The highest BCUT2D eigenvalue weighted by molar-refractivity contribution is 7.09. The van der Waals surface area contributed by atoms with Crippen LogP contribution in [0.25, 0.3) is 0 Å². The van der Waals surface area contributed by atoms with Crippen molar-refractivity contribution < 1.29 is 4.79 Å². The number of carbonyl (C=O) groups excluding carboxylic acids is 1. The van der Waals surface area contributed by atoms with Crippen LogP contribution in [0.5, 0.6) is 0 Å². The SMILES string of the molecule is CCc1nsc(NC[C@@H]2CCn3ncc(C(N)=O)c3C2)n1. The minimum Gasteiger partial charge on any atom is -0.365 e. The molecule has 0 saturated heterocycles. The van der Waals surface area contributed by atoms with E-state index < -0.39 is 5.91 Å². The predicted octanol–water partition coefficient (Wildman–Crippen LogP) is 1.07. The number of nitrogens with two attached hydrogens (primary N) is 1. The van der Waals surface area contributed by atoms with Crippen LogP contribution in [-0.4, -0.2) is 31.6 Å². The number of hydrogen-bond donors (Lipinski definition) is 2. The molecule has 0 bridgehead atoms. The fourth-order valence-electron chi connectivity index (χ4n) is 2.58. The van der Waals surface area contributed by atoms with E-state index in [1.807, 2.05) is 11.6 Å². The van der Waals surface area contributed by atoms with E-state index in [0.29, 0.717) is 11.5 Å². The van der Waals surface area contributed by atoms with Gasteiger partial charge in [-0.25, -0.2) is 4.98 Å². The van der Waals surface area contributed by atoms with Crippen molar-refractivity contribution in [2.45, 2.75) is 32.7 Å². The van der Waals surface area contributed by atoms with E-state index in [2.05, 4.69) is 19.8 Å². The molecule has 0 fully saturated rings. The summed E-state index contributed by atoms with van der Waals surface area (Å²) in [6, 6.07) is 0. The first-order valence-corrected chi connectivity index (χ1v) is 7.85. The second-order valence-corrected chi connectivity index (χ2v) is 5.95.